The molecule has 1 fully saturated rings. The van der Waals surface area contributed by atoms with Gasteiger partial charge in [0.2, 0.25) is 0 Å². The van der Waals surface area contributed by atoms with Gasteiger partial charge in [-0.25, -0.2) is 4.98 Å². The summed E-state index contributed by atoms with van der Waals surface area (Å²) in [5.41, 5.74) is 4.87. The first kappa shape index (κ1) is 18.2. The SMILES string of the molecule is Cc1c(Cc2ccc(Cl)nc2)ccc(OCNC2CCCOC2)c1C. The van der Waals surface area contributed by atoms with E-state index in [2.05, 4.69) is 36.3 Å². The van der Waals surface area contributed by atoms with Gasteiger partial charge in [-0.05, 0) is 67.5 Å². The summed E-state index contributed by atoms with van der Waals surface area (Å²) in [6, 6.07) is 8.43. The molecule has 1 aliphatic heterocycles. The van der Waals surface area contributed by atoms with Crippen molar-refractivity contribution < 1.29 is 9.47 Å². The standard InChI is InChI=1S/C20H25ClN2O2/c1-14-15(2)19(25-13-23-18-4-3-9-24-12-18)7-6-17(14)10-16-5-8-20(21)22-11-16/h5-8,11,18,23H,3-4,9-10,12-13H2,1-2H3. The lowest BCUT2D eigenvalue weighted by atomic mass is 9.97. The third kappa shape index (κ3) is 4.94. The first-order valence-electron chi connectivity index (χ1n) is 8.77. The summed E-state index contributed by atoms with van der Waals surface area (Å²) in [7, 11) is 0. The van der Waals surface area contributed by atoms with Crippen LogP contribution in [-0.2, 0) is 11.2 Å². The van der Waals surface area contributed by atoms with E-state index in [0.29, 0.717) is 17.9 Å². The zero-order valence-corrected chi connectivity index (χ0v) is 15.6. The van der Waals surface area contributed by atoms with Crippen molar-refractivity contribution in [1.82, 2.24) is 10.3 Å². The van der Waals surface area contributed by atoms with Gasteiger partial charge in [0.1, 0.15) is 17.6 Å². The van der Waals surface area contributed by atoms with Gasteiger partial charge in [0, 0.05) is 18.8 Å². The van der Waals surface area contributed by atoms with Crippen molar-refractivity contribution in [2.45, 2.75) is 39.2 Å². The minimum atomic E-state index is 0.395. The molecular weight excluding hydrogens is 336 g/mol. The highest BCUT2D eigenvalue weighted by Crippen LogP contribution is 2.26. The molecule has 5 heteroatoms. The number of nitrogens with one attached hydrogen (secondary N) is 1. The van der Waals surface area contributed by atoms with Crippen LogP contribution in [-0.4, -0.2) is 31.0 Å². The van der Waals surface area contributed by atoms with Crippen molar-refractivity contribution in [1.29, 1.82) is 0 Å². The normalized spacial score (nSPS) is 17.5. The first-order chi connectivity index (χ1) is 12.1. The van der Waals surface area contributed by atoms with E-state index >= 15 is 0 Å². The number of ether oxygens (including phenoxy) is 2. The van der Waals surface area contributed by atoms with Crippen molar-refractivity contribution in [3.8, 4) is 5.75 Å². The van der Waals surface area contributed by atoms with E-state index in [0.717, 1.165) is 43.8 Å². The van der Waals surface area contributed by atoms with E-state index in [1.54, 1.807) is 0 Å². The third-order valence-electron chi connectivity index (χ3n) is 4.79. The largest absolute Gasteiger partial charge is 0.478 e. The van der Waals surface area contributed by atoms with Crippen LogP contribution < -0.4 is 10.1 Å². The molecule has 0 bridgehead atoms. The number of benzene rings is 1. The molecule has 134 valence electrons. The molecule has 2 heterocycles. The second-order valence-corrected chi connectivity index (χ2v) is 6.93. The molecule has 0 saturated carbocycles. The Kier molecular flexibility index (Phi) is 6.29. The molecule has 1 aliphatic rings. The predicted molar refractivity (Wildman–Crippen MR) is 100 cm³/mol. The van der Waals surface area contributed by atoms with Gasteiger partial charge in [-0.3, -0.25) is 5.32 Å². The van der Waals surface area contributed by atoms with E-state index in [1.165, 1.54) is 16.7 Å². The molecule has 4 nitrogen and oxygen atoms in total. The van der Waals surface area contributed by atoms with Gasteiger partial charge >= 0.3 is 0 Å². The number of nitrogens with zero attached hydrogens (tertiary/aromatic N) is 1. The van der Waals surface area contributed by atoms with Crippen LogP contribution in [0.4, 0.5) is 0 Å². The van der Waals surface area contributed by atoms with Crippen molar-refractivity contribution in [2.24, 2.45) is 0 Å². The molecule has 0 spiro atoms. The lowest BCUT2D eigenvalue weighted by Crippen LogP contribution is -2.38. The molecule has 3 rings (SSSR count). The van der Waals surface area contributed by atoms with Gasteiger partial charge in [-0.15, -0.1) is 0 Å². The highest BCUT2D eigenvalue weighted by atomic mass is 35.5. The fraction of sp³-hybridized carbons (Fsp3) is 0.450. The third-order valence-corrected chi connectivity index (χ3v) is 5.02. The Morgan fingerprint density at radius 3 is 2.84 bits per heavy atom. The monoisotopic (exact) mass is 360 g/mol. The minimum Gasteiger partial charge on any atom is -0.478 e. The van der Waals surface area contributed by atoms with E-state index in [-0.39, 0.29) is 0 Å². The van der Waals surface area contributed by atoms with E-state index in [1.807, 2.05) is 18.3 Å². The molecule has 0 amide bonds. The van der Waals surface area contributed by atoms with Crippen LogP contribution >= 0.6 is 11.6 Å². The Labute approximate surface area is 154 Å². The molecular formula is C20H25ClN2O2. The van der Waals surface area contributed by atoms with Crippen LogP contribution in [0, 0.1) is 13.8 Å². The fourth-order valence-corrected chi connectivity index (χ4v) is 3.18. The molecule has 0 radical (unpaired) electrons. The maximum atomic E-state index is 5.94. The molecule has 1 atom stereocenters. The summed E-state index contributed by atoms with van der Waals surface area (Å²) < 4.78 is 11.4. The zero-order chi connectivity index (χ0) is 17.6. The number of pyridine rings is 1. The van der Waals surface area contributed by atoms with Crippen molar-refractivity contribution in [2.75, 3.05) is 19.9 Å². The summed E-state index contributed by atoms with van der Waals surface area (Å²) in [5.74, 6) is 0.930. The topological polar surface area (TPSA) is 43.4 Å². The molecule has 2 aromatic rings. The molecule has 25 heavy (non-hydrogen) atoms. The van der Waals surface area contributed by atoms with Crippen molar-refractivity contribution in [3.63, 3.8) is 0 Å². The van der Waals surface area contributed by atoms with Crippen LogP contribution in [0.1, 0.15) is 35.1 Å². The highest BCUT2D eigenvalue weighted by molar-refractivity contribution is 6.29. The van der Waals surface area contributed by atoms with E-state index < -0.39 is 0 Å². The fourth-order valence-electron chi connectivity index (χ4n) is 3.07. The molecule has 1 saturated heterocycles. The summed E-state index contributed by atoms with van der Waals surface area (Å²) >= 11 is 5.86. The smallest absolute Gasteiger partial charge is 0.139 e. The minimum absolute atomic E-state index is 0.395. The molecule has 1 aromatic heterocycles. The number of rotatable bonds is 6. The number of aromatic nitrogens is 1. The van der Waals surface area contributed by atoms with E-state index in [9.17, 15) is 0 Å². The average Bonchev–Trinajstić information content (AvgIpc) is 2.63. The van der Waals surface area contributed by atoms with Crippen LogP contribution in [0.2, 0.25) is 5.15 Å². The Morgan fingerprint density at radius 1 is 1.24 bits per heavy atom. The van der Waals surface area contributed by atoms with Crippen molar-refractivity contribution in [3.05, 3.63) is 57.9 Å². The first-order valence-corrected chi connectivity index (χ1v) is 9.14. The van der Waals surface area contributed by atoms with Crippen LogP contribution in [0.5, 0.6) is 5.75 Å². The second-order valence-electron chi connectivity index (χ2n) is 6.55. The zero-order valence-electron chi connectivity index (χ0n) is 14.8. The van der Waals surface area contributed by atoms with Gasteiger partial charge in [0.25, 0.3) is 0 Å². The Morgan fingerprint density at radius 2 is 2.12 bits per heavy atom. The number of hydrogen-bond acceptors (Lipinski definition) is 4. The lowest BCUT2D eigenvalue weighted by Gasteiger charge is -2.23. The van der Waals surface area contributed by atoms with Gasteiger partial charge in [-0.2, -0.15) is 0 Å². The predicted octanol–water partition coefficient (Wildman–Crippen LogP) is 4.05. The Bertz CT molecular complexity index is 698. The van der Waals surface area contributed by atoms with Crippen LogP contribution in [0.3, 0.4) is 0 Å². The van der Waals surface area contributed by atoms with Gasteiger partial charge in [0.15, 0.2) is 0 Å². The number of halogens is 1. The molecule has 1 unspecified atom stereocenters. The van der Waals surface area contributed by atoms with Gasteiger partial charge in [-0.1, -0.05) is 23.7 Å². The Balaban J connectivity index is 1.60. The summed E-state index contributed by atoms with van der Waals surface area (Å²) in [6.45, 7) is 6.41. The van der Waals surface area contributed by atoms with Gasteiger partial charge in [0.05, 0.1) is 6.61 Å². The van der Waals surface area contributed by atoms with Gasteiger partial charge < -0.3 is 9.47 Å². The Hall–Kier alpha value is -1.62. The van der Waals surface area contributed by atoms with Crippen molar-refractivity contribution >= 4 is 11.6 Å². The molecule has 1 N–H and O–H groups in total. The molecule has 1 aromatic carbocycles. The average molecular weight is 361 g/mol. The second kappa shape index (κ2) is 8.65. The highest BCUT2D eigenvalue weighted by Gasteiger charge is 2.13. The maximum Gasteiger partial charge on any atom is 0.139 e. The van der Waals surface area contributed by atoms with Crippen LogP contribution in [0.15, 0.2) is 30.5 Å². The summed E-state index contributed by atoms with van der Waals surface area (Å²) in [4.78, 5) is 4.15. The van der Waals surface area contributed by atoms with Crippen LogP contribution in [0.25, 0.3) is 0 Å². The lowest BCUT2D eigenvalue weighted by molar-refractivity contribution is 0.0625. The number of hydrogen-bond donors (Lipinski definition) is 1. The summed E-state index contributed by atoms with van der Waals surface area (Å²) in [6.07, 6.45) is 4.94. The van der Waals surface area contributed by atoms with E-state index in [4.69, 9.17) is 21.1 Å². The quantitative estimate of drug-likeness (QED) is 0.623. The maximum absolute atomic E-state index is 5.94. The molecule has 0 aliphatic carbocycles. The summed E-state index contributed by atoms with van der Waals surface area (Å²) in [5, 5.41) is 3.93.